The molecule has 2 aromatic rings. The molecule has 0 aliphatic rings. The van der Waals surface area contributed by atoms with Crippen molar-refractivity contribution in [2.75, 3.05) is 24.7 Å². The molecule has 2 rings (SSSR count). The third-order valence-corrected chi connectivity index (χ3v) is 2.96. The molecular formula is C13H12ClF2N3. The average molecular weight is 284 g/mol. The maximum Gasteiger partial charge on any atom is 0.156 e. The lowest BCUT2D eigenvalue weighted by Gasteiger charge is -2.14. The molecule has 0 radical (unpaired) electrons. The summed E-state index contributed by atoms with van der Waals surface area (Å²) in [6.07, 6.45) is 1.47. The fourth-order valence-electron chi connectivity index (χ4n) is 1.70. The summed E-state index contributed by atoms with van der Waals surface area (Å²) in [5, 5.41) is 0.379. The SMILES string of the molecule is CN(C)c1ncc(-c2ccc(F)c(N)c2F)cc1Cl. The van der Waals surface area contributed by atoms with Crippen LogP contribution in [-0.4, -0.2) is 19.1 Å². The molecule has 0 aliphatic heterocycles. The monoisotopic (exact) mass is 283 g/mol. The molecular weight excluding hydrogens is 272 g/mol. The minimum atomic E-state index is -0.810. The van der Waals surface area contributed by atoms with E-state index in [4.69, 9.17) is 17.3 Å². The highest BCUT2D eigenvalue weighted by molar-refractivity contribution is 6.33. The van der Waals surface area contributed by atoms with Crippen molar-refractivity contribution in [3.8, 4) is 11.1 Å². The number of nitrogen functional groups attached to an aromatic ring is 1. The van der Waals surface area contributed by atoms with Crippen molar-refractivity contribution in [1.29, 1.82) is 0 Å². The molecule has 0 atom stereocenters. The number of rotatable bonds is 2. The van der Waals surface area contributed by atoms with Crippen LogP contribution >= 0.6 is 11.6 Å². The predicted molar refractivity (Wildman–Crippen MR) is 73.3 cm³/mol. The van der Waals surface area contributed by atoms with Crippen LogP contribution in [0.25, 0.3) is 11.1 Å². The third kappa shape index (κ3) is 2.46. The van der Waals surface area contributed by atoms with Gasteiger partial charge < -0.3 is 10.6 Å². The van der Waals surface area contributed by atoms with E-state index in [1.54, 1.807) is 25.1 Å². The van der Waals surface area contributed by atoms with Crippen LogP contribution in [0.3, 0.4) is 0 Å². The minimum Gasteiger partial charge on any atom is -0.394 e. The van der Waals surface area contributed by atoms with Gasteiger partial charge in [-0.05, 0) is 18.2 Å². The van der Waals surface area contributed by atoms with Crippen molar-refractivity contribution >= 4 is 23.1 Å². The minimum absolute atomic E-state index is 0.165. The van der Waals surface area contributed by atoms with E-state index in [1.807, 2.05) is 0 Å². The van der Waals surface area contributed by atoms with Crippen molar-refractivity contribution in [1.82, 2.24) is 4.98 Å². The van der Waals surface area contributed by atoms with E-state index >= 15 is 0 Å². The van der Waals surface area contributed by atoms with Crippen LogP contribution in [0.1, 0.15) is 0 Å². The standard InChI is InChI=1S/C13H12ClF2N3/c1-19(2)13-9(14)5-7(6-18-13)8-3-4-10(15)12(17)11(8)16/h3-6H,17H2,1-2H3. The quantitative estimate of drug-likeness (QED) is 0.860. The highest BCUT2D eigenvalue weighted by Gasteiger charge is 2.14. The Labute approximate surface area is 114 Å². The molecule has 0 amide bonds. The van der Waals surface area contributed by atoms with Gasteiger partial charge in [-0.2, -0.15) is 0 Å². The number of anilines is 2. The number of benzene rings is 1. The van der Waals surface area contributed by atoms with Crippen LogP contribution in [0.15, 0.2) is 24.4 Å². The lowest BCUT2D eigenvalue weighted by Crippen LogP contribution is -2.11. The van der Waals surface area contributed by atoms with Crippen molar-refractivity contribution in [2.24, 2.45) is 0 Å². The molecule has 0 bridgehead atoms. The van der Waals surface area contributed by atoms with Gasteiger partial charge in [0, 0.05) is 31.4 Å². The van der Waals surface area contributed by atoms with E-state index in [-0.39, 0.29) is 5.56 Å². The number of hydrogen-bond donors (Lipinski definition) is 1. The van der Waals surface area contributed by atoms with Gasteiger partial charge in [-0.3, -0.25) is 0 Å². The molecule has 0 spiro atoms. The number of nitrogens with two attached hydrogens (primary N) is 1. The maximum atomic E-state index is 13.9. The fraction of sp³-hybridized carbons (Fsp3) is 0.154. The first-order chi connectivity index (χ1) is 8.91. The Morgan fingerprint density at radius 1 is 1.26 bits per heavy atom. The molecule has 2 N–H and O–H groups in total. The van der Waals surface area contributed by atoms with Gasteiger partial charge in [0.25, 0.3) is 0 Å². The van der Waals surface area contributed by atoms with Gasteiger partial charge >= 0.3 is 0 Å². The second kappa shape index (κ2) is 5.01. The van der Waals surface area contributed by atoms with Gasteiger partial charge in [-0.25, -0.2) is 13.8 Å². The van der Waals surface area contributed by atoms with E-state index in [9.17, 15) is 8.78 Å². The van der Waals surface area contributed by atoms with Crippen molar-refractivity contribution in [3.63, 3.8) is 0 Å². The third-order valence-electron chi connectivity index (χ3n) is 2.68. The van der Waals surface area contributed by atoms with E-state index in [1.165, 1.54) is 12.3 Å². The van der Waals surface area contributed by atoms with Gasteiger partial charge in [0.05, 0.1) is 5.02 Å². The van der Waals surface area contributed by atoms with E-state index < -0.39 is 17.3 Å². The summed E-state index contributed by atoms with van der Waals surface area (Å²) < 4.78 is 27.0. The molecule has 0 saturated heterocycles. The summed E-state index contributed by atoms with van der Waals surface area (Å²) in [5.74, 6) is -1.03. The molecule has 100 valence electrons. The van der Waals surface area contributed by atoms with Crippen LogP contribution in [0.5, 0.6) is 0 Å². The zero-order valence-electron chi connectivity index (χ0n) is 10.4. The lowest BCUT2D eigenvalue weighted by atomic mass is 10.1. The van der Waals surface area contributed by atoms with E-state index in [2.05, 4.69) is 4.98 Å². The van der Waals surface area contributed by atoms with Crippen molar-refractivity contribution < 1.29 is 8.78 Å². The summed E-state index contributed by atoms with van der Waals surface area (Å²) in [5.41, 5.74) is 5.43. The van der Waals surface area contributed by atoms with Crippen LogP contribution in [0.2, 0.25) is 5.02 Å². The van der Waals surface area contributed by atoms with Crippen molar-refractivity contribution in [2.45, 2.75) is 0 Å². The van der Waals surface area contributed by atoms with E-state index in [0.29, 0.717) is 16.4 Å². The molecule has 6 heteroatoms. The van der Waals surface area contributed by atoms with E-state index in [0.717, 1.165) is 6.07 Å². The molecule has 0 aliphatic carbocycles. The Morgan fingerprint density at radius 3 is 2.53 bits per heavy atom. The second-order valence-electron chi connectivity index (χ2n) is 4.25. The first-order valence-corrected chi connectivity index (χ1v) is 5.86. The molecule has 1 heterocycles. The Bertz CT molecular complexity index is 630. The van der Waals surface area contributed by atoms with Gasteiger partial charge in [0.15, 0.2) is 5.82 Å². The molecule has 19 heavy (non-hydrogen) atoms. The Hall–Kier alpha value is -1.88. The summed E-state index contributed by atoms with van der Waals surface area (Å²) >= 11 is 6.07. The Balaban J connectivity index is 2.55. The number of nitrogens with zero attached hydrogens (tertiary/aromatic N) is 2. The second-order valence-corrected chi connectivity index (χ2v) is 4.65. The van der Waals surface area contributed by atoms with Gasteiger partial charge in [0.1, 0.15) is 17.3 Å². The Morgan fingerprint density at radius 2 is 1.95 bits per heavy atom. The predicted octanol–water partition coefficient (Wildman–Crippen LogP) is 3.33. The van der Waals surface area contributed by atoms with Gasteiger partial charge in [0.2, 0.25) is 0 Å². The van der Waals surface area contributed by atoms with Crippen molar-refractivity contribution in [3.05, 3.63) is 41.1 Å². The molecule has 3 nitrogen and oxygen atoms in total. The highest BCUT2D eigenvalue weighted by Crippen LogP contribution is 2.31. The summed E-state index contributed by atoms with van der Waals surface area (Å²) in [4.78, 5) is 5.88. The molecule has 0 unspecified atom stereocenters. The first-order valence-electron chi connectivity index (χ1n) is 5.48. The maximum absolute atomic E-state index is 13.9. The first kappa shape index (κ1) is 13.5. The summed E-state index contributed by atoms with van der Waals surface area (Å²) in [7, 11) is 3.59. The molecule has 1 aromatic carbocycles. The highest BCUT2D eigenvalue weighted by atomic mass is 35.5. The van der Waals surface area contributed by atoms with Crippen LogP contribution < -0.4 is 10.6 Å². The molecule has 1 aromatic heterocycles. The number of halogens is 3. The fourth-order valence-corrected chi connectivity index (χ4v) is 2.03. The van der Waals surface area contributed by atoms with Gasteiger partial charge in [-0.15, -0.1) is 0 Å². The zero-order valence-corrected chi connectivity index (χ0v) is 11.2. The number of pyridine rings is 1. The number of aromatic nitrogens is 1. The topological polar surface area (TPSA) is 42.2 Å². The summed E-state index contributed by atoms with van der Waals surface area (Å²) in [6, 6.07) is 3.99. The van der Waals surface area contributed by atoms with Crippen LogP contribution in [0, 0.1) is 11.6 Å². The van der Waals surface area contributed by atoms with Gasteiger partial charge in [-0.1, -0.05) is 11.6 Å². The zero-order chi connectivity index (χ0) is 14.2. The molecule has 0 saturated carbocycles. The summed E-state index contributed by atoms with van der Waals surface area (Å²) in [6.45, 7) is 0. The van der Waals surface area contributed by atoms with Crippen LogP contribution in [0.4, 0.5) is 20.3 Å². The largest absolute Gasteiger partial charge is 0.394 e. The smallest absolute Gasteiger partial charge is 0.156 e. The normalized spacial score (nSPS) is 10.6. The Kier molecular flexibility index (Phi) is 3.57. The van der Waals surface area contributed by atoms with Crippen LogP contribution in [-0.2, 0) is 0 Å². The molecule has 0 fully saturated rings. The number of hydrogen-bond acceptors (Lipinski definition) is 3. The average Bonchev–Trinajstić information content (AvgIpc) is 2.35. The lowest BCUT2D eigenvalue weighted by molar-refractivity contribution is 0.594.